The van der Waals surface area contributed by atoms with Gasteiger partial charge in [-0.15, -0.1) is 0 Å². The molecule has 2 aromatic heterocycles. The van der Waals surface area contributed by atoms with Crippen LogP contribution in [0.3, 0.4) is 0 Å². The van der Waals surface area contributed by atoms with E-state index in [2.05, 4.69) is 20.3 Å². The van der Waals surface area contributed by atoms with Crippen molar-refractivity contribution in [1.29, 1.82) is 0 Å². The van der Waals surface area contributed by atoms with Gasteiger partial charge in [-0.25, -0.2) is 28.3 Å². The maximum atomic E-state index is 15.7. The molecule has 12 heteroatoms. The van der Waals surface area contributed by atoms with Crippen molar-refractivity contribution in [3.63, 3.8) is 0 Å². The van der Waals surface area contributed by atoms with Crippen LogP contribution in [0.1, 0.15) is 52.8 Å². The van der Waals surface area contributed by atoms with Crippen molar-refractivity contribution in [2.75, 3.05) is 10.2 Å². The fourth-order valence-corrected chi connectivity index (χ4v) is 3.26. The van der Waals surface area contributed by atoms with Crippen molar-refractivity contribution in [1.82, 2.24) is 15.0 Å². The number of ether oxygens (including phenoxy) is 2. The topological polar surface area (TPSA) is 107 Å². The number of aromatic nitrogens is 3. The molecule has 9 nitrogen and oxygen atoms in total. The molecular formula is C26H28ClF2N5O4. The molecule has 3 rings (SSSR count). The Kier molecular flexibility index (Phi) is 8.51. The molecule has 0 unspecified atom stereocenters. The number of rotatable bonds is 5. The number of anilines is 3. The van der Waals surface area contributed by atoms with Gasteiger partial charge in [-0.05, 0) is 71.4 Å². The maximum absolute atomic E-state index is 15.7. The predicted molar refractivity (Wildman–Crippen MR) is 139 cm³/mol. The van der Waals surface area contributed by atoms with Crippen molar-refractivity contribution in [2.45, 2.75) is 59.2 Å². The Morgan fingerprint density at radius 2 is 1.63 bits per heavy atom. The van der Waals surface area contributed by atoms with Crippen LogP contribution < -0.4 is 10.2 Å². The minimum absolute atomic E-state index is 0.0660. The zero-order valence-corrected chi connectivity index (χ0v) is 22.6. The van der Waals surface area contributed by atoms with Crippen molar-refractivity contribution in [2.24, 2.45) is 0 Å². The number of carbonyl (C=O) groups is 2. The van der Waals surface area contributed by atoms with E-state index in [0.29, 0.717) is 10.6 Å². The molecule has 0 aliphatic rings. The van der Waals surface area contributed by atoms with Crippen LogP contribution in [0.4, 0.5) is 35.7 Å². The minimum atomic E-state index is -1.15. The number of nitrogens with one attached hydrogen (secondary N) is 1. The number of hydrogen-bond acceptors (Lipinski definition) is 8. The second-order valence-corrected chi connectivity index (χ2v) is 10.7. The highest BCUT2D eigenvalue weighted by molar-refractivity contribution is 6.30. The summed E-state index contributed by atoms with van der Waals surface area (Å²) in [5.41, 5.74) is -1.43. The molecule has 2 heterocycles. The van der Waals surface area contributed by atoms with Crippen molar-refractivity contribution >= 4 is 41.1 Å². The van der Waals surface area contributed by atoms with Gasteiger partial charge in [0, 0.05) is 23.8 Å². The Hall–Kier alpha value is -3.86. The molecule has 38 heavy (non-hydrogen) atoms. The summed E-state index contributed by atoms with van der Waals surface area (Å²) in [6.07, 6.45) is 1.65. The van der Waals surface area contributed by atoms with E-state index < -0.39 is 40.8 Å². The van der Waals surface area contributed by atoms with Gasteiger partial charge in [-0.3, -0.25) is 4.98 Å². The van der Waals surface area contributed by atoms with Gasteiger partial charge in [0.25, 0.3) is 0 Å². The smallest absolute Gasteiger partial charge is 0.425 e. The van der Waals surface area contributed by atoms with Crippen LogP contribution in [0.5, 0.6) is 0 Å². The summed E-state index contributed by atoms with van der Waals surface area (Å²) in [5.74, 6) is -1.91. The highest BCUT2D eigenvalue weighted by Gasteiger charge is 2.36. The number of carbonyl (C=O) groups excluding carboxylic acids is 2. The summed E-state index contributed by atoms with van der Waals surface area (Å²) in [5, 5.41) is 3.04. The van der Waals surface area contributed by atoms with E-state index >= 15 is 4.39 Å². The fraction of sp³-hybridized carbons (Fsp3) is 0.346. The molecule has 0 bridgehead atoms. The Labute approximate surface area is 224 Å². The predicted octanol–water partition coefficient (Wildman–Crippen LogP) is 6.81. The van der Waals surface area contributed by atoms with Crippen LogP contribution in [-0.4, -0.2) is 38.3 Å². The highest BCUT2D eigenvalue weighted by Crippen LogP contribution is 2.26. The van der Waals surface area contributed by atoms with E-state index in [1.807, 2.05) is 0 Å². The highest BCUT2D eigenvalue weighted by atomic mass is 35.5. The maximum Gasteiger partial charge on any atom is 0.425 e. The summed E-state index contributed by atoms with van der Waals surface area (Å²) < 4.78 is 40.5. The van der Waals surface area contributed by atoms with Crippen LogP contribution in [0.15, 0.2) is 42.9 Å². The molecule has 3 aromatic rings. The third-order valence-electron chi connectivity index (χ3n) is 4.56. The quantitative estimate of drug-likeness (QED) is 0.371. The third-order valence-corrected chi connectivity index (χ3v) is 4.80. The van der Waals surface area contributed by atoms with Gasteiger partial charge < -0.3 is 14.8 Å². The lowest BCUT2D eigenvalue weighted by atomic mass is 10.1. The average molecular weight is 548 g/mol. The Morgan fingerprint density at radius 3 is 2.21 bits per heavy atom. The summed E-state index contributed by atoms with van der Waals surface area (Å²) >= 11 is 5.79. The van der Waals surface area contributed by atoms with Crippen molar-refractivity contribution in [3.8, 4) is 0 Å². The molecular weight excluding hydrogens is 520 g/mol. The zero-order valence-electron chi connectivity index (χ0n) is 21.8. The van der Waals surface area contributed by atoms with E-state index in [0.717, 1.165) is 6.07 Å². The standard InChI is InChI=1S/C26H28ClF2N5O4/c1-25(2,3)37-23(35)34(24(36)38-26(4,5)6)22-21(29)15(9-10-31-22)11-17-13-30-14-20(32-17)33-19-8-7-16(27)12-18(19)28/h7-10,12-14H,11H2,1-6H3,(H,32,33). The SMILES string of the molecule is CC(C)(C)OC(=O)N(C(=O)OC(C)(C)C)c1nccc(Cc2cncc(Nc3ccc(Cl)cc3F)n2)c1F. The summed E-state index contributed by atoms with van der Waals surface area (Å²) in [6.45, 7) is 9.63. The normalized spacial score (nSPS) is 11.6. The lowest BCUT2D eigenvalue weighted by Crippen LogP contribution is -2.44. The number of amides is 2. The average Bonchev–Trinajstić information content (AvgIpc) is 2.76. The summed E-state index contributed by atoms with van der Waals surface area (Å²) in [7, 11) is 0. The molecule has 0 spiro atoms. The van der Waals surface area contributed by atoms with E-state index in [1.54, 1.807) is 41.5 Å². The first-order valence-corrected chi connectivity index (χ1v) is 11.9. The molecule has 0 saturated heterocycles. The first kappa shape index (κ1) is 28.7. The Balaban J connectivity index is 1.92. The van der Waals surface area contributed by atoms with Crippen LogP contribution in [-0.2, 0) is 15.9 Å². The Bertz CT molecular complexity index is 1310. The van der Waals surface area contributed by atoms with Crippen LogP contribution in [0.25, 0.3) is 0 Å². The first-order chi connectivity index (χ1) is 17.6. The molecule has 202 valence electrons. The van der Waals surface area contributed by atoms with Gasteiger partial charge in [0.15, 0.2) is 11.6 Å². The van der Waals surface area contributed by atoms with E-state index in [-0.39, 0.29) is 28.5 Å². The van der Waals surface area contributed by atoms with E-state index in [4.69, 9.17) is 21.1 Å². The molecule has 1 N–H and O–H groups in total. The number of halogens is 3. The molecule has 0 aliphatic carbocycles. The second-order valence-electron chi connectivity index (χ2n) is 10.2. The number of nitrogens with zero attached hydrogens (tertiary/aromatic N) is 4. The van der Waals surface area contributed by atoms with E-state index in [1.165, 1.54) is 36.8 Å². The van der Waals surface area contributed by atoms with Crippen molar-refractivity contribution in [3.05, 3.63) is 70.8 Å². The number of hydrogen-bond donors (Lipinski definition) is 1. The van der Waals surface area contributed by atoms with Crippen LogP contribution >= 0.6 is 11.6 Å². The van der Waals surface area contributed by atoms with Gasteiger partial charge in [0.2, 0.25) is 0 Å². The Morgan fingerprint density at radius 1 is 1.00 bits per heavy atom. The molecule has 0 fully saturated rings. The molecule has 0 atom stereocenters. The minimum Gasteiger partial charge on any atom is -0.443 e. The largest absolute Gasteiger partial charge is 0.443 e. The third kappa shape index (κ3) is 7.82. The van der Waals surface area contributed by atoms with Gasteiger partial charge in [-0.1, -0.05) is 11.6 Å². The van der Waals surface area contributed by atoms with E-state index in [9.17, 15) is 14.0 Å². The number of pyridine rings is 1. The fourth-order valence-electron chi connectivity index (χ4n) is 3.10. The molecule has 2 amide bonds. The molecule has 0 radical (unpaired) electrons. The van der Waals surface area contributed by atoms with Crippen LogP contribution in [0.2, 0.25) is 5.02 Å². The lowest BCUT2D eigenvalue weighted by molar-refractivity contribution is 0.0427. The van der Waals surface area contributed by atoms with Crippen LogP contribution in [0, 0.1) is 11.6 Å². The summed E-state index contributed by atoms with van der Waals surface area (Å²) in [4.78, 5) is 38.6. The van der Waals surface area contributed by atoms with Crippen molar-refractivity contribution < 1.29 is 27.8 Å². The number of imide groups is 1. The summed E-state index contributed by atoms with van der Waals surface area (Å²) in [6, 6.07) is 5.49. The first-order valence-electron chi connectivity index (χ1n) is 11.6. The zero-order chi connectivity index (χ0) is 28.3. The van der Waals surface area contributed by atoms with Gasteiger partial charge >= 0.3 is 12.2 Å². The molecule has 1 aromatic carbocycles. The lowest BCUT2D eigenvalue weighted by Gasteiger charge is -2.28. The second kappa shape index (κ2) is 11.3. The molecule has 0 aliphatic heterocycles. The van der Waals surface area contributed by atoms with Gasteiger partial charge in [0.1, 0.15) is 22.8 Å². The number of benzene rings is 1. The van der Waals surface area contributed by atoms with Gasteiger partial charge in [-0.2, -0.15) is 4.90 Å². The molecule has 0 saturated carbocycles. The monoisotopic (exact) mass is 547 g/mol. The van der Waals surface area contributed by atoms with Gasteiger partial charge in [0.05, 0.1) is 17.6 Å².